The Kier molecular flexibility index (Phi) is 3.26. The van der Waals surface area contributed by atoms with Gasteiger partial charge in [-0.1, -0.05) is 18.1 Å². The number of fused-ring (bicyclic) bond motifs is 1. The van der Waals surface area contributed by atoms with Gasteiger partial charge >= 0.3 is 0 Å². The lowest BCUT2D eigenvalue weighted by molar-refractivity contribution is 0.101. The molecule has 1 aliphatic carbocycles. The Bertz CT molecular complexity index is 648. The summed E-state index contributed by atoms with van der Waals surface area (Å²) in [4.78, 5) is 16.6. The van der Waals surface area contributed by atoms with E-state index in [9.17, 15) is 4.79 Å². The summed E-state index contributed by atoms with van der Waals surface area (Å²) in [7, 11) is 0. The molecule has 0 saturated heterocycles. The molecule has 1 atom stereocenters. The number of nitrogens with zero attached hydrogens (tertiary/aromatic N) is 2. The standard InChI is InChI=1S/C15H17N3O2/c1-9-6-7-12-11(8-9)14(18-20-12)15(19)17-13-5-3-4-10(2)16-13/h3-5,9H,6-8H2,1-2H3,(H,16,17,19). The van der Waals surface area contributed by atoms with Crippen LogP contribution in [0.3, 0.4) is 0 Å². The van der Waals surface area contributed by atoms with Gasteiger partial charge in [0, 0.05) is 17.7 Å². The molecule has 1 N–H and O–H groups in total. The van der Waals surface area contributed by atoms with Crippen molar-refractivity contribution in [1.29, 1.82) is 0 Å². The first-order chi connectivity index (χ1) is 9.63. The number of amides is 1. The highest BCUT2D eigenvalue weighted by atomic mass is 16.5. The molecule has 0 bridgehead atoms. The molecule has 20 heavy (non-hydrogen) atoms. The number of hydrogen-bond acceptors (Lipinski definition) is 4. The monoisotopic (exact) mass is 271 g/mol. The summed E-state index contributed by atoms with van der Waals surface area (Å²) < 4.78 is 5.29. The van der Waals surface area contributed by atoms with Crippen LogP contribution in [0.5, 0.6) is 0 Å². The van der Waals surface area contributed by atoms with E-state index in [1.165, 1.54) is 0 Å². The normalized spacial score (nSPS) is 17.6. The summed E-state index contributed by atoms with van der Waals surface area (Å²) in [5.74, 6) is 1.70. The molecule has 2 aromatic heterocycles. The SMILES string of the molecule is Cc1cccc(NC(=O)c2noc3c2CC(C)CC3)n1. The van der Waals surface area contributed by atoms with E-state index in [1.807, 2.05) is 19.1 Å². The summed E-state index contributed by atoms with van der Waals surface area (Å²) in [6.45, 7) is 4.06. The lowest BCUT2D eigenvalue weighted by Crippen LogP contribution is -2.18. The van der Waals surface area contributed by atoms with Gasteiger partial charge in [-0.05, 0) is 37.8 Å². The number of anilines is 1. The lowest BCUT2D eigenvalue weighted by atomic mass is 9.88. The number of hydrogen-bond donors (Lipinski definition) is 1. The van der Waals surface area contributed by atoms with Crippen molar-refractivity contribution in [2.45, 2.75) is 33.1 Å². The van der Waals surface area contributed by atoms with E-state index in [1.54, 1.807) is 6.07 Å². The van der Waals surface area contributed by atoms with Crippen molar-refractivity contribution in [3.8, 4) is 0 Å². The predicted octanol–water partition coefficient (Wildman–Crippen LogP) is 2.76. The van der Waals surface area contributed by atoms with Crippen LogP contribution in [0.4, 0.5) is 5.82 Å². The van der Waals surface area contributed by atoms with Crippen LogP contribution < -0.4 is 5.32 Å². The largest absolute Gasteiger partial charge is 0.360 e. The van der Waals surface area contributed by atoms with Gasteiger partial charge in [0.05, 0.1) is 0 Å². The highest BCUT2D eigenvalue weighted by molar-refractivity contribution is 6.03. The molecule has 2 heterocycles. The number of aryl methyl sites for hydroxylation is 2. The Balaban J connectivity index is 1.83. The first kappa shape index (κ1) is 12.8. The quantitative estimate of drug-likeness (QED) is 0.912. The smallest absolute Gasteiger partial charge is 0.279 e. The molecule has 3 rings (SSSR count). The molecule has 5 heteroatoms. The van der Waals surface area contributed by atoms with Crippen LogP contribution in [0, 0.1) is 12.8 Å². The number of rotatable bonds is 2. The maximum absolute atomic E-state index is 12.3. The molecule has 0 aromatic carbocycles. The first-order valence-corrected chi connectivity index (χ1v) is 6.86. The maximum atomic E-state index is 12.3. The van der Waals surface area contributed by atoms with Crippen molar-refractivity contribution >= 4 is 11.7 Å². The van der Waals surface area contributed by atoms with Gasteiger partial charge in [-0.2, -0.15) is 0 Å². The molecule has 0 aliphatic heterocycles. The van der Waals surface area contributed by atoms with E-state index in [-0.39, 0.29) is 5.91 Å². The van der Waals surface area contributed by atoms with E-state index in [0.29, 0.717) is 17.4 Å². The van der Waals surface area contributed by atoms with Crippen molar-refractivity contribution in [2.75, 3.05) is 5.32 Å². The summed E-state index contributed by atoms with van der Waals surface area (Å²) in [6, 6.07) is 5.51. The third-order valence-corrected chi connectivity index (χ3v) is 3.63. The molecular weight excluding hydrogens is 254 g/mol. The fourth-order valence-corrected chi connectivity index (χ4v) is 2.54. The molecule has 0 saturated carbocycles. The summed E-state index contributed by atoms with van der Waals surface area (Å²) in [6.07, 6.45) is 2.80. The Morgan fingerprint density at radius 2 is 2.30 bits per heavy atom. The van der Waals surface area contributed by atoms with E-state index in [2.05, 4.69) is 22.4 Å². The van der Waals surface area contributed by atoms with Crippen LogP contribution in [0.2, 0.25) is 0 Å². The van der Waals surface area contributed by atoms with Gasteiger partial charge in [0.2, 0.25) is 0 Å². The zero-order valence-electron chi connectivity index (χ0n) is 11.6. The molecule has 0 radical (unpaired) electrons. The van der Waals surface area contributed by atoms with Crippen LogP contribution in [-0.4, -0.2) is 16.0 Å². The molecule has 5 nitrogen and oxygen atoms in total. The summed E-state index contributed by atoms with van der Waals surface area (Å²) in [5.41, 5.74) is 2.21. The molecular formula is C15H17N3O2. The van der Waals surface area contributed by atoms with Gasteiger partial charge in [-0.25, -0.2) is 4.98 Å². The van der Waals surface area contributed by atoms with Gasteiger partial charge in [0.15, 0.2) is 5.69 Å². The van der Waals surface area contributed by atoms with Gasteiger partial charge < -0.3 is 9.84 Å². The highest BCUT2D eigenvalue weighted by Crippen LogP contribution is 2.28. The Labute approximate surface area is 117 Å². The number of carbonyl (C=O) groups excluding carboxylic acids is 1. The zero-order valence-corrected chi connectivity index (χ0v) is 11.6. The predicted molar refractivity (Wildman–Crippen MR) is 74.6 cm³/mol. The van der Waals surface area contributed by atoms with Crippen LogP contribution in [-0.2, 0) is 12.8 Å². The average molecular weight is 271 g/mol. The number of nitrogens with one attached hydrogen (secondary N) is 1. The van der Waals surface area contributed by atoms with Crippen molar-refractivity contribution in [3.05, 3.63) is 40.9 Å². The Morgan fingerprint density at radius 3 is 3.10 bits per heavy atom. The van der Waals surface area contributed by atoms with E-state index in [0.717, 1.165) is 36.3 Å². The first-order valence-electron chi connectivity index (χ1n) is 6.86. The lowest BCUT2D eigenvalue weighted by Gasteiger charge is -2.16. The van der Waals surface area contributed by atoms with Crippen molar-refractivity contribution < 1.29 is 9.32 Å². The molecule has 0 spiro atoms. The number of pyridine rings is 1. The molecule has 0 fully saturated rings. The molecule has 1 aliphatic rings. The third-order valence-electron chi connectivity index (χ3n) is 3.63. The van der Waals surface area contributed by atoms with Gasteiger partial charge in [-0.15, -0.1) is 0 Å². The Morgan fingerprint density at radius 1 is 1.45 bits per heavy atom. The van der Waals surface area contributed by atoms with E-state index < -0.39 is 0 Å². The third kappa shape index (κ3) is 2.43. The maximum Gasteiger partial charge on any atom is 0.279 e. The molecule has 2 aromatic rings. The minimum atomic E-state index is -0.248. The fraction of sp³-hybridized carbons (Fsp3) is 0.400. The van der Waals surface area contributed by atoms with Crippen molar-refractivity contribution in [2.24, 2.45) is 5.92 Å². The topological polar surface area (TPSA) is 68.0 Å². The highest BCUT2D eigenvalue weighted by Gasteiger charge is 2.27. The summed E-state index contributed by atoms with van der Waals surface area (Å²) in [5, 5.41) is 6.71. The van der Waals surface area contributed by atoms with Crippen LogP contribution >= 0.6 is 0 Å². The molecule has 1 unspecified atom stereocenters. The van der Waals surface area contributed by atoms with Gasteiger partial charge in [0.1, 0.15) is 11.6 Å². The second-order valence-electron chi connectivity index (χ2n) is 5.40. The second-order valence-corrected chi connectivity index (χ2v) is 5.40. The minimum Gasteiger partial charge on any atom is -0.360 e. The second kappa shape index (κ2) is 5.07. The van der Waals surface area contributed by atoms with Crippen LogP contribution in [0.15, 0.2) is 22.7 Å². The fourth-order valence-electron chi connectivity index (χ4n) is 2.54. The van der Waals surface area contributed by atoms with Crippen LogP contribution in [0.25, 0.3) is 0 Å². The minimum absolute atomic E-state index is 0.248. The number of aromatic nitrogens is 2. The van der Waals surface area contributed by atoms with Crippen molar-refractivity contribution in [1.82, 2.24) is 10.1 Å². The van der Waals surface area contributed by atoms with Crippen molar-refractivity contribution in [3.63, 3.8) is 0 Å². The average Bonchev–Trinajstić information content (AvgIpc) is 2.81. The number of carbonyl (C=O) groups is 1. The van der Waals surface area contributed by atoms with Crippen LogP contribution in [0.1, 0.15) is 40.9 Å². The zero-order chi connectivity index (χ0) is 14.1. The molecule has 1 amide bonds. The molecule has 104 valence electrons. The Hall–Kier alpha value is -2.17. The summed E-state index contributed by atoms with van der Waals surface area (Å²) >= 11 is 0. The van der Waals surface area contributed by atoms with Gasteiger partial charge in [-0.3, -0.25) is 4.79 Å². The van der Waals surface area contributed by atoms with Gasteiger partial charge in [0.25, 0.3) is 5.91 Å². The van der Waals surface area contributed by atoms with E-state index >= 15 is 0 Å². The van der Waals surface area contributed by atoms with E-state index in [4.69, 9.17) is 4.52 Å².